The molecular weight excluding hydrogens is 1390 g/mol. The molecule has 0 amide bonds. The first kappa shape index (κ1) is 69.0. The van der Waals surface area contributed by atoms with Gasteiger partial charge in [0.05, 0.1) is 55.5 Å². The Morgan fingerprint density at radius 1 is 0.217 bits per heavy atom. The van der Waals surface area contributed by atoms with Gasteiger partial charge in [0.15, 0.2) is 0 Å². The van der Waals surface area contributed by atoms with Crippen LogP contribution in [0.4, 0.5) is 0 Å². The largest absolute Gasteiger partial charge is 0.309 e. The van der Waals surface area contributed by atoms with Gasteiger partial charge < -0.3 is 9.13 Å². The van der Waals surface area contributed by atoms with Gasteiger partial charge in [-0.25, -0.2) is 9.97 Å². The molecule has 0 aliphatic carbocycles. The van der Waals surface area contributed by atoms with Gasteiger partial charge in [0.1, 0.15) is 11.6 Å². The third-order valence-electron chi connectivity index (χ3n) is 24.3. The highest BCUT2D eigenvalue weighted by atomic mass is 15.1. The number of nitrogens with zero attached hydrogens (tertiary/aromatic N) is 6. The van der Waals surface area contributed by atoms with Gasteiger partial charge in [-0.3, -0.25) is 9.13 Å². The number of fused-ring (bicyclic) bond motifs is 14. The third kappa shape index (κ3) is 11.6. The number of hydrogen-bond acceptors (Lipinski definition) is 2. The van der Waals surface area contributed by atoms with Gasteiger partial charge in [0.25, 0.3) is 0 Å². The molecule has 0 fully saturated rings. The van der Waals surface area contributed by atoms with E-state index in [9.17, 15) is 0 Å². The van der Waals surface area contributed by atoms with E-state index in [1.165, 1.54) is 115 Å². The molecular formula is C106H79B3N6. The maximum atomic E-state index is 5.98. The topological polar surface area (TPSA) is 45.5 Å². The first-order valence-corrected chi connectivity index (χ1v) is 40.1. The number of hydrogen-bond donors (Lipinski definition) is 0. The standard InChI is InChI=1S/C106H79B3N6/c1-68-61-70(3)102(71(4)62-68)109(103-72(5)63-69(2)64-73(103)6)82-66-74(92-41-27-47-99(110-92)114-95-44-24-20-37-85(95)88-59-60-98-101(104(88)114)91-40-22-26-46-97(91)112(98)83-53-49-80(50-54-83)107(76-29-11-7-12-30-76)77-31-13-8-14-32-77)65-75(67-82)93-42-28-48-100(111-93)115-96-45-25-21-39-87(96)90-58-57-89-86-38-19-23-43-94(86)113(105(89)106(90)115)84-55-51-81(52-56-84)108(78-33-15-9-16-34-78)79-35-17-10-18-36-79/h7-67H,1-6H3. The number of rotatable bonds is 15. The summed E-state index contributed by atoms with van der Waals surface area (Å²) in [5, 5.41) is 9.38. The lowest BCUT2D eigenvalue weighted by atomic mass is 9.34. The van der Waals surface area contributed by atoms with Gasteiger partial charge in [-0.15, -0.1) is 0 Å². The summed E-state index contributed by atoms with van der Waals surface area (Å²) in [7, 11) is 0. The Labute approximate surface area is 670 Å². The van der Waals surface area contributed by atoms with Crippen LogP contribution in [0.2, 0.25) is 0 Å². The van der Waals surface area contributed by atoms with Crippen molar-refractivity contribution < 1.29 is 0 Å². The summed E-state index contributed by atoms with van der Waals surface area (Å²) in [6, 6.07) is 137. The van der Waals surface area contributed by atoms with E-state index in [1.54, 1.807) is 0 Å². The molecule has 21 rings (SSSR count). The van der Waals surface area contributed by atoms with Crippen LogP contribution in [0.3, 0.4) is 0 Å². The SMILES string of the molecule is Cc1cc(C)c(B(c2cc(-c3cccc(-n4c5ccccc5c5ccc6c(c7ccccc7n6-c6ccc(B(c7ccccc7)c7ccccc7)cc6)c54)n3)cc(-c3cccc(-n4c5ccccc5c5ccc6c7ccccc7n(-c7ccc(B(c8ccccc8)c8ccccc8)cc7)c6c54)n3)c2)c2c(C)cc(C)cc2C)c(C)c1. The molecule has 0 N–H and O–H groups in total. The van der Waals surface area contributed by atoms with Crippen LogP contribution in [-0.2, 0) is 0 Å². The third-order valence-corrected chi connectivity index (χ3v) is 24.3. The molecule has 0 saturated heterocycles. The number of aryl methyl sites for hydroxylation is 6. The maximum Gasteiger partial charge on any atom is 0.242 e. The number of para-hydroxylation sites is 4. The van der Waals surface area contributed by atoms with Gasteiger partial charge in [-0.1, -0.05) is 368 Å². The molecule has 0 atom stereocenters. The summed E-state index contributed by atoms with van der Waals surface area (Å²) in [4.78, 5) is 11.9. The Morgan fingerprint density at radius 3 is 0.974 bits per heavy atom. The van der Waals surface area contributed by atoms with Crippen molar-refractivity contribution >= 4 is 157 Å². The molecule has 0 aliphatic heterocycles. The monoisotopic (exact) mass is 1470 g/mol. The Balaban J connectivity index is 0.759. The Kier molecular flexibility index (Phi) is 16.8. The fourth-order valence-corrected chi connectivity index (χ4v) is 19.7. The zero-order chi connectivity index (χ0) is 77.1. The summed E-state index contributed by atoms with van der Waals surface area (Å²) >= 11 is 0. The predicted molar refractivity (Wildman–Crippen MR) is 491 cm³/mol. The molecule has 115 heavy (non-hydrogen) atoms. The van der Waals surface area contributed by atoms with E-state index in [-0.39, 0.29) is 20.1 Å². The highest BCUT2D eigenvalue weighted by Crippen LogP contribution is 2.45. The highest BCUT2D eigenvalue weighted by Gasteiger charge is 2.32. The minimum absolute atomic E-state index is 0.0639. The highest BCUT2D eigenvalue weighted by molar-refractivity contribution is 6.97. The molecule has 0 aliphatic rings. The zero-order valence-corrected chi connectivity index (χ0v) is 65.1. The maximum absolute atomic E-state index is 5.98. The van der Waals surface area contributed by atoms with E-state index in [0.717, 1.165) is 100 Å². The number of pyridine rings is 2. The minimum atomic E-state index is -0.149. The second-order valence-corrected chi connectivity index (χ2v) is 31.5. The zero-order valence-electron chi connectivity index (χ0n) is 65.1. The molecule has 6 heterocycles. The van der Waals surface area contributed by atoms with Crippen LogP contribution in [0.25, 0.3) is 133 Å². The second kappa shape index (κ2) is 28.0. The lowest BCUT2D eigenvalue weighted by molar-refractivity contribution is 1.08. The molecule has 0 saturated carbocycles. The van der Waals surface area contributed by atoms with Gasteiger partial charge >= 0.3 is 0 Å². The molecule has 6 aromatic heterocycles. The molecule has 21 aromatic rings. The lowest BCUT2D eigenvalue weighted by Crippen LogP contribution is -2.56. The summed E-state index contributed by atoms with van der Waals surface area (Å²) in [6.07, 6.45) is 0. The van der Waals surface area contributed by atoms with Crippen molar-refractivity contribution in [2.24, 2.45) is 0 Å². The Bertz CT molecular complexity index is 7220. The van der Waals surface area contributed by atoms with Crippen molar-refractivity contribution in [1.82, 2.24) is 28.2 Å². The fraction of sp³-hybridized carbons (Fsp3) is 0.0566. The van der Waals surface area contributed by atoms with E-state index < -0.39 is 0 Å². The van der Waals surface area contributed by atoms with E-state index in [0.29, 0.717) is 0 Å². The summed E-state index contributed by atoms with van der Waals surface area (Å²) in [5.74, 6) is 1.66. The number of benzene rings is 15. The van der Waals surface area contributed by atoms with Crippen LogP contribution in [-0.4, -0.2) is 48.4 Å². The minimum Gasteiger partial charge on any atom is -0.309 e. The van der Waals surface area contributed by atoms with Crippen LogP contribution in [0.15, 0.2) is 370 Å². The molecule has 9 heteroatoms. The van der Waals surface area contributed by atoms with Crippen LogP contribution in [0.5, 0.6) is 0 Å². The van der Waals surface area contributed by atoms with Crippen molar-refractivity contribution in [2.45, 2.75) is 41.5 Å². The molecule has 0 radical (unpaired) electrons. The summed E-state index contributed by atoms with van der Waals surface area (Å²) in [5.41, 5.74) is 33.7. The molecule has 542 valence electrons. The Hall–Kier alpha value is -14.0. The van der Waals surface area contributed by atoms with Crippen LogP contribution in [0, 0.1) is 41.5 Å². The molecule has 15 aromatic carbocycles. The first-order chi connectivity index (χ1) is 56.5. The average Bonchev–Trinajstić information content (AvgIpc) is 1.55. The van der Waals surface area contributed by atoms with Crippen molar-refractivity contribution in [3.8, 4) is 45.5 Å². The molecule has 0 spiro atoms. The molecule has 6 nitrogen and oxygen atoms in total. The van der Waals surface area contributed by atoms with Crippen LogP contribution in [0.1, 0.15) is 33.4 Å². The molecule has 0 bridgehead atoms. The van der Waals surface area contributed by atoms with Gasteiger partial charge in [-0.2, -0.15) is 0 Å². The first-order valence-electron chi connectivity index (χ1n) is 40.1. The van der Waals surface area contributed by atoms with E-state index in [1.807, 2.05) is 0 Å². The van der Waals surface area contributed by atoms with Crippen LogP contribution < -0.4 is 49.2 Å². The lowest BCUT2D eigenvalue weighted by Gasteiger charge is -2.25. The quantitative estimate of drug-likeness (QED) is 0.0960. The fourth-order valence-electron chi connectivity index (χ4n) is 19.7. The van der Waals surface area contributed by atoms with E-state index >= 15 is 0 Å². The predicted octanol–water partition coefficient (Wildman–Crippen LogP) is 19.6. The van der Waals surface area contributed by atoms with E-state index in [4.69, 9.17) is 9.97 Å². The normalized spacial score (nSPS) is 11.7. The van der Waals surface area contributed by atoms with Gasteiger partial charge in [-0.05, 0) is 126 Å². The van der Waals surface area contributed by atoms with Crippen molar-refractivity contribution in [1.29, 1.82) is 0 Å². The Morgan fingerprint density at radius 2 is 0.548 bits per heavy atom. The average molecular weight is 1470 g/mol. The van der Waals surface area contributed by atoms with Crippen molar-refractivity contribution in [2.75, 3.05) is 0 Å². The van der Waals surface area contributed by atoms with Crippen molar-refractivity contribution in [3.63, 3.8) is 0 Å². The van der Waals surface area contributed by atoms with Crippen molar-refractivity contribution in [3.05, 3.63) is 403 Å². The second-order valence-electron chi connectivity index (χ2n) is 31.5. The van der Waals surface area contributed by atoms with E-state index in [2.05, 4.69) is 430 Å². The summed E-state index contributed by atoms with van der Waals surface area (Å²) in [6.45, 7) is 13.6. The molecule has 0 unspecified atom stereocenters. The van der Waals surface area contributed by atoms with Gasteiger partial charge in [0.2, 0.25) is 20.1 Å². The van der Waals surface area contributed by atoms with Gasteiger partial charge in [0, 0.05) is 65.6 Å². The number of aromatic nitrogens is 6. The summed E-state index contributed by atoms with van der Waals surface area (Å²) < 4.78 is 9.81. The smallest absolute Gasteiger partial charge is 0.242 e. The van der Waals surface area contributed by atoms with Crippen LogP contribution >= 0.6 is 0 Å².